The molecule has 1 saturated heterocycles. The second-order valence-corrected chi connectivity index (χ2v) is 4.97. The molecule has 0 bridgehead atoms. The monoisotopic (exact) mass is 191 g/mol. The van der Waals surface area contributed by atoms with E-state index in [0.29, 0.717) is 0 Å². The Bertz CT molecular complexity index is 163. The van der Waals surface area contributed by atoms with Gasteiger partial charge in [-0.25, -0.2) is 0 Å². The third kappa shape index (κ3) is 2.84. The van der Waals surface area contributed by atoms with E-state index in [9.17, 15) is 4.21 Å². The van der Waals surface area contributed by atoms with Crippen molar-refractivity contribution in [1.29, 1.82) is 0 Å². The number of aliphatic hydroxyl groups is 1. The lowest BCUT2D eigenvalue weighted by Crippen LogP contribution is -2.37. The summed E-state index contributed by atoms with van der Waals surface area (Å²) in [7, 11) is -0.620. The second-order valence-electron chi connectivity index (χ2n) is 3.27. The third-order valence-corrected chi connectivity index (χ3v) is 3.69. The maximum Gasteiger partial charge on any atom is 0.0584 e. The van der Waals surface area contributed by atoms with Crippen molar-refractivity contribution in [3.63, 3.8) is 0 Å². The summed E-state index contributed by atoms with van der Waals surface area (Å²) in [5.74, 6) is 1.60. The standard InChI is InChI=1S/C8H17NO2S/c1-8(7-10)9-3-2-5-12(11)6-4-9/h8,10H,2-7H2,1H3. The smallest absolute Gasteiger partial charge is 0.0584 e. The van der Waals surface area contributed by atoms with E-state index in [1.54, 1.807) is 0 Å². The minimum absolute atomic E-state index is 0.201. The third-order valence-electron chi connectivity index (χ3n) is 2.31. The van der Waals surface area contributed by atoms with Crippen LogP contribution in [0, 0.1) is 0 Å². The number of hydrogen-bond acceptors (Lipinski definition) is 3. The van der Waals surface area contributed by atoms with Crippen LogP contribution in [0.2, 0.25) is 0 Å². The van der Waals surface area contributed by atoms with Crippen molar-refractivity contribution >= 4 is 10.8 Å². The van der Waals surface area contributed by atoms with Crippen LogP contribution >= 0.6 is 0 Å². The van der Waals surface area contributed by atoms with Gasteiger partial charge in [0.2, 0.25) is 0 Å². The summed E-state index contributed by atoms with van der Waals surface area (Å²) in [5, 5.41) is 8.93. The molecule has 1 rings (SSSR count). The zero-order chi connectivity index (χ0) is 8.97. The quantitative estimate of drug-likeness (QED) is 0.658. The maximum absolute atomic E-state index is 11.2. The average molecular weight is 191 g/mol. The molecule has 0 aromatic rings. The van der Waals surface area contributed by atoms with Gasteiger partial charge in [-0.15, -0.1) is 0 Å². The molecule has 0 saturated carbocycles. The van der Waals surface area contributed by atoms with Gasteiger partial charge in [0.1, 0.15) is 0 Å². The van der Waals surface area contributed by atoms with E-state index < -0.39 is 10.8 Å². The summed E-state index contributed by atoms with van der Waals surface area (Å²) in [6, 6.07) is 0.222. The van der Waals surface area contributed by atoms with Gasteiger partial charge in [0, 0.05) is 34.9 Å². The molecule has 0 aromatic heterocycles. The molecule has 0 aromatic carbocycles. The van der Waals surface area contributed by atoms with Gasteiger partial charge in [0.05, 0.1) is 6.61 Å². The van der Waals surface area contributed by atoms with E-state index >= 15 is 0 Å². The van der Waals surface area contributed by atoms with Crippen molar-refractivity contribution in [2.75, 3.05) is 31.2 Å². The van der Waals surface area contributed by atoms with Gasteiger partial charge in [0.15, 0.2) is 0 Å². The lowest BCUT2D eigenvalue weighted by Gasteiger charge is -2.25. The molecule has 1 heterocycles. The van der Waals surface area contributed by atoms with Crippen molar-refractivity contribution in [2.45, 2.75) is 19.4 Å². The Kier molecular flexibility index (Phi) is 4.18. The van der Waals surface area contributed by atoms with Crippen molar-refractivity contribution in [1.82, 2.24) is 4.90 Å². The van der Waals surface area contributed by atoms with Crippen LogP contribution < -0.4 is 0 Å². The number of rotatable bonds is 2. The Balaban J connectivity index is 2.40. The van der Waals surface area contributed by atoms with Crippen LogP contribution in [0.1, 0.15) is 13.3 Å². The molecule has 1 aliphatic heterocycles. The topological polar surface area (TPSA) is 40.5 Å². The molecule has 0 radical (unpaired) electrons. The Labute approximate surface area is 76.2 Å². The highest BCUT2D eigenvalue weighted by molar-refractivity contribution is 7.85. The van der Waals surface area contributed by atoms with E-state index in [-0.39, 0.29) is 12.6 Å². The van der Waals surface area contributed by atoms with Crippen LogP contribution in [-0.4, -0.2) is 51.5 Å². The SMILES string of the molecule is CC(CO)N1CCCS(=O)CC1. The van der Waals surface area contributed by atoms with Gasteiger partial charge in [0.25, 0.3) is 0 Å². The molecular weight excluding hydrogens is 174 g/mol. The van der Waals surface area contributed by atoms with E-state index in [1.165, 1.54) is 0 Å². The molecule has 0 spiro atoms. The molecule has 1 aliphatic rings. The van der Waals surface area contributed by atoms with Crippen molar-refractivity contribution in [2.24, 2.45) is 0 Å². The average Bonchev–Trinajstić information content (AvgIpc) is 2.29. The van der Waals surface area contributed by atoms with Crippen molar-refractivity contribution < 1.29 is 9.32 Å². The summed E-state index contributed by atoms with van der Waals surface area (Å²) in [6.07, 6.45) is 0.997. The van der Waals surface area contributed by atoms with Gasteiger partial charge in [-0.2, -0.15) is 0 Å². The van der Waals surface area contributed by atoms with Gasteiger partial charge < -0.3 is 5.11 Å². The molecule has 2 atom stereocenters. The molecule has 12 heavy (non-hydrogen) atoms. The largest absolute Gasteiger partial charge is 0.395 e. The molecule has 72 valence electrons. The van der Waals surface area contributed by atoms with Gasteiger partial charge in [-0.3, -0.25) is 9.11 Å². The van der Waals surface area contributed by atoms with Gasteiger partial charge in [-0.05, 0) is 19.9 Å². The highest BCUT2D eigenvalue weighted by Gasteiger charge is 2.16. The summed E-state index contributed by atoms with van der Waals surface area (Å²) < 4.78 is 11.2. The van der Waals surface area contributed by atoms with Crippen molar-refractivity contribution in [3.8, 4) is 0 Å². The molecule has 1 fully saturated rings. The number of hydrogen-bond donors (Lipinski definition) is 1. The van der Waals surface area contributed by atoms with E-state index in [0.717, 1.165) is 31.0 Å². The van der Waals surface area contributed by atoms with Crippen LogP contribution in [0.3, 0.4) is 0 Å². The summed E-state index contributed by atoms with van der Waals surface area (Å²) in [4.78, 5) is 2.21. The Hall–Kier alpha value is 0.0700. The summed E-state index contributed by atoms with van der Waals surface area (Å²) in [5.41, 5.74) is 0. The van der Waals surface area contributed by atoms with Gasteiger partial charge >= 0.3 is 0 Å². The molecule has 2 unspecified atom stereocenters. The zero-order valence-corrected chi connectivity index (χ0v) is 8.35. The van der Waals surface area contributed by atoms with E-state index in [4.69, 9.17) is 5.11 Å². The number of nitrogens with zero attached hydrogens (tertiary/aromatic N) is 1. The first-order valence-corrected chi connectivity index (χ1v) is 5.92. The molecule has 1 N–H and O–H groups in total. The van der Waals surface area contributed by atoms with Crippen LogP contribution in [0.5, 0.6) is 0 Å². The maximum atomic E-state index is 11.2. The Morgan fingerprint density at radius 3 is 2.92 bits per heavy atom. The van der Waals surface area contributed by atoms with Gasteiger partial charge in [-0.1, -0.05) is 0 Å². The molecule has 4 heteroatoms. The molecule has 0 amide bonds. The number of aliphatic hydroxyl groups excluding tert-OH is 1. The van der Waals surface area contributed by atoms with Crippen LogP contribution in [-0.2, 0) is 10.8 Å². The first-order chi connectivity index (χ1) is 5.74. The predicted octanol–water partition coefficient (Wildman–Crippen LogP) is -0.178. The molecule has 3 nitrogen and oxygen atoms in total. The Morgan fingerprint density at radius 1 is 1.50 bits per heavy atom. The van der Waals surface area contributed by atoms with E-state index in [1.807, 2.05) is 6.92 Å². The van der Waals surface area contributed by atoms with Crippen LogP contribution in [0.25, 0.3) is 0 Å². The minimum Gasteiger partial charge on any atom is -0.395 e. The van der Waals surface area contributed by atoms with Crippen molar-refractivity contribution in [3.05, 3.63) is 0 Å². The normalized spacial score (nSPS) is 29.7. The highest BCUT2D eigenvalue weighted by atomic mass is 32.2. The van der Waals surface area contributed by atoms with Crippen LogP contribution in [0.15, 0.2) is 0 Å². The first-order valence-electron chi connectivity index (χ1n) is 4.44. The van der Waals surface area contributed by atoms with E-state index in [2.05, 4.69) is 4.90 Å². The lowest BCUT2D eigenvalue weighted by atomic mass is 10.3. The summed E-state index contributed by atoms with van der Waals surface area (Å²) >= 11 is 0. The highest BCUT2D eigenvalue weighted by Crippen LogP contribution is 2.05. The minimum atomic E-state index is -0.620. The molecule has 0 aliphatic carbocycles. The predicted molar refractivity (Wildman–Crippen MR) is 50.6 cm³/mol. The fourth-order valence-electron chi connectivity index (χ4n) is 1.42. The zero-order valence-electron chi connectivity index (χ0n) is 7.53. The Morgan fingerprint density at radius 2 is 2.25 bits per heavy atom. The molecular formula is C8H17NO2S. The fourth-order valence-corrected chi connectivity index (χ4v) is 2.51. The first kappa shape index (κ1) is 10.2. The lowest BCUT2D eigenvalue weighted by molar-refractivity contribution is 0.142. The second kappa shape index (κ2) is 4.94. The fraction of sp³-hybridized carbons (Fsp3) is 1.00. The van der Waals surface area contributed by atoms with Crippen LogP contribution in [0.4, 0.5) is 0 Å². The summed E-state index contributed by atoms with van der Waals surface area (Å²) in [6.45, 7) is 4.06.